The van der Waals surface area contributed by atoms with Gasteiger partial charge in [0.15, 0.2) is 0 Å². The standard InChI is InChI=1S/C14H23N5O2/c1-17(2)14-15-4-3-13(16-14)19-7-5-18(6-8-19)11-9-21-10-12(11)20/h3-4,11-12,20H,5-10H2,1-2H3. The van der Waals surface area contributed by atoms with Crippen molar-refractivity contribution in [3.05, 3.63) is 12.3 Å². The number of aliphatic hydroxyl groups is 1. The normalized spacial score (nSPS) is 27.1. The van der Waals surface area contributed by atoms with E-state index in [0.717, 1.165) is 37.9 Å². The molecule has 116 valence electrons. The molecule has 21 heavy (non-hydrogen) atoms. The Morgan fingerprint density at radius 2 is 2.00 bits per heavy atom. The second kappa shape index (κ2) is 6.13. The van der Waals surface area contributed by atoms with Gasteiger partial charge in [0.25, 0.3) is 0 Å². The fourth-order valence-electron chi connectivity index (χ4n) is 2.89. The first kappa shape index (κ1) is 14.5. The van der Waals surface area contributed by atoms with E-state index in [1.165, 1.54) is 0 Å². The molecule has 1 N–H and O–H groups in total. The second-order valence-electron chi connectivity index (χ2n) is 5.80. The van der Waals surface area contributed by atoms with E-state index in [9.17, 15) is 5.11 Å². The van der Waals surface area contributed by atoms with Gasteiger partial charge >= 0.3 is 0 Å². The average Bonchev–Trinajstić information content (AvgIpc) is 2.94. The Morgan fingerprint density at radius 3 is 2.62 bits per heavy atom. The summed E-state index contributed by atoms with van der Waals surface area (Å²) < 4.78 is 5.34. The van der Waals surface area contributed by atoms with E-state index in [1.54, 1.807) is 6.20 Å². The van der Waals surface area contributed by atoms with Crippen molar-refractivity contribution in [2.45, 2.75) is 12.1 Å². The number of nitrogens with zero attached hydrogens (tertiary/aromatic N) is 5. The minimum Gasteiger partial charge on any atom is -0.389 e. The highest BCUT2D eigenvalue weighted by Crippen LogP contribution is 2.19. The van der Waals surface area contributed by atoms with Crippen molar-refractivity contribution in [2.75, 3.05) is 63.3 Å². The lowest BCUT2D eigenvalue weighted by Crippen LogP contribution is -2.53. The fourth-order valence-corrected chi connectivity index (χ4v) is 2.89. The van der Waals surface area contributed by atoms with Gasteiger partial charge in [0, 0.05) is 46.5 Å². The van der Waals surface area contributed by atoms with Gasteiger partial charge in [-0.15, -0.1) is 0 Å². The van der Waals surface area contributed by atoms with Gasteiger partial charge in [-0.05, 0) is 6.07 Å². The van der Waals surface area contributed by atoms with Crippen LogP contribution in [-0.4, -0.2) is 85.6 Å². The first-order chi connectivity index (χ1) is 10.1. The molecule has 7 nitrogen and oxygen atoms in total. The number of anilines is 2. The molecule has 1 aromatic rings. The van der Waals surface area contributed by atoms with E-state index in [4.69, 9.17) is 4.74 Å². The van der Waals surface area contributed by atoms with E-state index in [-0.39, 0.29) is 12.1 Å². The third-order valence-corrected chi connectivity index (χ3v) is 4.16. The zero-order chi connectivity index (χ0) is 14.8. The maximum atomic E-state index is 9.92. The summed E-state index contributed by atoms with van der Waals surface area (Å²) in [5.74, 6) is 1.70. The van der Waals surface area contributed by atoms with Crippen molar-refractivity contribution < 1.29 is 9.84 Å². The molecular formula is C14H23N5O2. The Balaban J connectivity index is 1.61. The highest BCUT2D eigenvalue weighted by molar-refractivity contribution is 5.43. The third kappa shape index (κ3) is 3.09. The first-order valence-electron chi connectivity index (χ1n) is 7.40. The summed E-state index contributed by atoms with van der Waals surface area (Å²) in [6.07, 6.45) is 1.45. The number of hydrogen-bond acceptors (Lipinski definition) is 7. The fraction of sp³-hybridized carbons (Fsp3) is 0.714. The van der Waals surface area contributed by atoms with E-state index < -0.39 is 0 Å². The molecule has 7 heteroatoms. The van der Waals surface area contributed by atoms with Gasteiger partial charge in [-0.1, -0.05) is 0 Å². The molecule has 1 aromatic heterocycles. The number of ether oxygens (including phenoxy) is 1. The number of hydrogen-bond donors (Lipinski definition) is 1. The van der Waals surface area contributed by atoms with Crippen LogP contribution in [0.2, 0.25) is 0 Å². The SMILES string of the molecule is CN(C)c1nccc(N2CCN(C3COCC3O)CC2)n1. The van der Waals surface area contributed by atoms with E-state index in [0.29, 0.717) is 13.2 Å². The molecule has 0 radical (unpaired) electrons. The molecular weight excluding hydrogens is 270 g/mol. The Morgan fingerprint density at radius 1 is 1.24 bits per heavy atom. The Labute approximate surface area is 125 Å². The zero-order valence-corrected chi connectivity index (χ0v) is 12.6. The van der Waals surface area contributed by atoms with Crippen LogP contribution >= 0.6 is 0 Å². The van der Waals surface area contributed by atoms with Crippen LogP contribution in [0.25, 0.3) is 0 Å². The zero-order valence-electron chi connectivity index (χ0n) is 12.6. The van der Waals surface area contributed by atoms with E-state index in [2.05, 4.69) is 19.8 Å². The van der Waals surface area contributed by atoms with Gasteiger partial charge in [-0.3, -0.25) is 4.90 Å². The first-order valence-corrected chi connectivity index (χ1v) is 7.40. The average molecular weight is 293 g/mol. The highest BCUT2D eigenvalue weighted by atomic mass is 16.5. The molecule has 3 rings (SSSR count). The summed E-state index contributed by atoms with van der Waals surface area (Å²) in [5.41, 5.74) is 0. The molecule has 0 spiro atoms. The number of rotatable bonds is 3. The molecule has 2 fully saturated rings. The van der Waals surface area contributed by atoms with Crippen LogP contribution in [0.4, 0.5) is 11.8 Å². The Hall–Kier alpha value is -1.44. The molecule has 2 aliphatic rings. The van der Waals surface area contributed by atoms with Gasteiger partial charge in [-0.2, -0.15) is 4.98 Å². The van der Waals surface area contributed by atoms with Crippen LogP contribution in [0.15, 0.2) is 12.3 Å². The summed E-state index contributed by atoms with van der Waals surface area (Å²) in [6.45, 7) is 4.77. The lowest BCUT2D eigenvalue weighted by atomic mass is 10.1. The largest absolute Gasteiger partial charge is 0.389 e. The summed E-state index contributed by atoms with van der Waals surface area (Å²) in [6, 6.07) is 2.10. The molecule has 0 aliphatic carbocycles. The summed E-state index contributed by atoms with van der Waals surface area (Å²) in [4.78, 5) is 15.3. The van der Waals surface area contributed by atoms with E-state index >= 15 is 0 Å². The predicted molar refractivity (Wildman–Crippen MR) is 80.8 cm³/mol. The van der Waals surface area contributed by atoms with Gasteiger partial charge in [0.2, 0.25) is 5.95 Å². The van der Waals surface area contributed by atoms with Crippen LogP contribution in [0.3, 0.4) is 0 Å². The van der Waals surface area contributed by atoms with Gasteiger partial charge in [-0.25, -0.2) is 4.98 Å². The molecule has 3 heterocycles. The molecule has 0 bridgehead atoms. The summed E-state index contributed by atoms with van der Waals surface area (Å²) in [7, 11) is 3.89. The lowest BCUT2D eigenvalue weighted by Gasteiger charge is -2.38. The molecule has 0 aromatic carbocycles. The smallest absolute Gasteiger partial charge is 0.226 e. The third-order valence-electron chi connectivity index (χ3n) is 4.16. The van der Waals surface area contributed by atoms with Crippen LogP contribution < -0.4 is 9.80 Å². The van der Waals surface area contributed by atoms with Crippen molar-refractivity contribution in [2.24, 2.45) is 0 Å². The van der Waals surface area contributed by atoms with E-state index in [1.807, 2.05) is 25.1 Å². The van der Waals surface area contributed by atoms with Crippen molar-refractivity contribution in [3.8, 4) is 0 Å². The number of aromatic nitrogens is 2. The van der Waals surface area contributed by atoms with Crippen LogP contribution in [-0.2, 0) is 4.74 Å². The maximum absolute atomic E-state index is 9.92. The lowest BCUT2D eigenvalue weighted by molar-refractivity contribution is 0.0784. The highest BCUT2D eigenvalue weighted by Gasteiger charge is 2.33. The monoisotopic (exact) mass is 293 g/mol. The Bertz CT molecular complexity index is 476. The van der Waals surface area contributed by atoms with Crippen LogP contribution in [0.5, 0.6) is 0 Å². The molecule has 2 atom stereocenters. The van der Waals surface area contributed by atoms with Crippen LogP contribution in [0.1, 0.15) is 0 Å². The predicted octanol–water partition coefficient (Wildman–Crippen LogP) is -0.576. The van der Waals surface area contributed by atoms with Crippen molar-refractivity contribution in [1.29, 1.82) is 0 Å². The molecule has 2 aliphatic heterocycles. The quantitative estimate of drug-likeness (QED) is 0.800. The maximum Gasteiger partial charge on any atom is 0.226 e. The summed E-state index contributed by atoms with van der Waals surface area (Å²) in [5, 5.41) is 9.92. The second-order valence-corrected chi connectivity index (χ2v) is 5.80. The molecule has 0 saturated carbocycles. The minimum absolute atomic E-state index is 0.148. The Kier molecular flexibility index (Phi) is 4.23. The summed E-state index contributed by atoms with van der Waals surface area (Å²) >= 11 is 0. The number of piperazine rings is 1. The van der Waals surface area contributed by atoms with Gasteiger partial charge in [0.05, 0.1) is 25.4 Å². The van der Waals surface area contributed by atoms with Crippen molar-refractivity contribution in [1.82, 2.24) is 14.9 Å². The minimum atomic E-state index is -0.351. The van der Waals surface area contributed by atoms with Gasteiger partial charge in [0.1, 0.15) is 5.82 Å². The molecule has 0 amide bonds. The topological polar surface area (TPSA) is 65.0 Å². The van der Waals surface area contributed by atoms with Gasteiger partial charge < -0.3 is 19.6 Å². The molecule has 2 unspecified atom stereocenters. The molecule has 2 saturated heterocycles. The van der Waals surface area contributed by atoms with Crippen molar-refractivity contribution >= 4 is 11.8 Å². The van der Waals surface area contributed by atoms with Crippen molar-refractivity contribution in [3.63, 3.8) is 0 Å². The van der Waals surface area contributed by atoms with Crippen LogP contribution in [0, 0.1) is 0 Å². The number of aliphatic hydroxyl groups excluding tert-OH is 1.